The molecule has 40 valence electrons. The molecule has 4 heteroatoms. The van der Waals surface area contributed by atoms with E-state index in [1.807, 2.05) is 0 Å². The van der Waals surface area contributed by atoms with Crippen LogP contribution in [0.5, 0.6) is 0 Å². The Morgan fingerprint density at radius 3 is 3.00 bits per heavy atom. The van der Waals surface area contributed by atoms with E-state index < -0.39 is 0 Å². The smallest absolute Gasteiger partial charge is 0.121 e. The Balaban J connectivity index is 2.40. The molecule has 0 aliphatic carbocycles. The molecule has 0 saturated heterocycles. The van der Waals surface area contributed by atoms with E-state index >= 15 is 0 Å². The van der Waals surface area contributed by atoms with Crippen molar-refractivity contribution in [2.75, 3.05) is 5.75 Å². The summed E-state index contributed by atoms with van der Waals surface area (Å²) in [5.74, 6) is 1.74. The van der Waals surface area contributed by atoms with Gasteiger partial charge in [-0.2, -0.15) is 5.10 Å². The number of hydrogen-bond donors (Lipinski definition) is 2. The zero-order valence-electron chi connectivity index (χ0n) is 3.85. The Bertz CT molecular complexity index is 90.2. The maximum atomic E-state index is 5.31. The summed E-state index contributed by atoms with van der Waals surface area (Å²) in [4.78, 5) is 2.71. The normalized spacial score (nSPS) is 20.3. The highest BCUT2D eigenvalue weighted by atomic mass is 32.2. The van der Waals surface area contributed by atoms with Gasteiger partial charge in [-0.3, -0.25) is 4.83 Å². The minimum atomic E-state index is 0.707. The molecule has 1 heterocycles. The molecule has 0 aromatic rings. The van der Waals surface area contributed by atoms with Gasteiger partial charge in [-0.1, -0.05) is 0 Å². The van der Waals surface area contributed by atoms with Crippen molar-refractivity contribution in [3.63, 3.8) is 0 Å². The number of nitrogens with one attached hydrogen (secondary N) is 1. The van der Waals surface area contributed by atoms with Gasteiger partial charge in [0.15, 0.2) is 0 Å². The van der Waals surface area contributed by atoms with Crippen LogP contribution in [0, 0.1) is 0 Å². The summed E-state index contributed by atoms with van der Waals surface area (Å²) >= 11 is 1.58. The van der Waals surface area contributed by atoms with E-state index in [4.69, 9.17) is 5.73 Å². The number of amidine groups is 1. The maximum Gasteiger partial charge on any atom is 0.121 e. The first-order chi connectivity index (χ1) is 3.39. The quantitative estimate of drug-likeness (QED) is 0.436. The van der Waals surface area contributed by atoms with E-state index in [1.54, 1.807) is 11.9 Å². The third kappa shape index (κ3) is 1.27. The number of rotatable bonds is 0. The van der Waals surface area contributed by atoms with Gasteiger partial charge < -0.3 is 5.73 Å². The zero-order chi connectivity index (χ0) is 5.11. The molecule has 3 N–H and O–H groups in total. The van der Waals surface area contributed by atoms with Crippen LogP contribution in [0.4, 0.5) is 0 Å². The summed E-state index contributed by atoms with van der Waals surface area (Å²) in [5, 5.41) is 3.74. The Morgan fingerprint density at radius 1 is 1.86 bits per heavy atom. The summed E-state index contributed by atoms with van der Waals surface area (Å²) in [7, 11) is 0. The molecule has 0 bridgehead atoms. The highest BCUT2D eigenvalue weighted by Crippen LogP contribution is 2.00. The fourth-order valence-electron chi connectivity index (χ4n) is 0.348. The summed E-state index contributed by atoms with van der Waals surface area (Å²) in [6.45, 7) is 0. The van der Waals surface area contributed by atoms with Crippen LogP contribution in [0.3, 0.4) is 0 Å². The molecule has 1 rings (SSSR count). The van der Waals surface area contributed by atoms with Crippen LogP contribution in [0.15, 0.2) is 5.10 Å². The Labute approximate surface area is 46.5 Å². The lowest BCUT2D eigenvalue weighted by Crippen LogP contribution is -2.20. The molecule has 0 saturated carbocycles. The van der Waals surface area contributed by atoms with Crippen LogP contribution >= 0.6 is 11.9 Å². The van der Waals surface area contributed by atoms with Crippen LogP contribution in [-0.4, -0.2) is 11.6 Å². The van der Waals surface area contributed by atoms with Gasteiger partial charge in [0.1, 0.15) is 5.84 Å². The highest BCUT2D eigenvalue weighted by molar-refractivity contribution is 7.97. The van der Waals surface area contributed by atoms with Crippen LogP contribution in [0.2, 0.25) is 0 Å². The second kappa shape index (κ2) is 2.07. The average molecular weight is 117 g/mol. The molecule has 1 aliphatic heterocycles. The third-order valence-corrected chi connectivity index (χ3v) is 1.34. The Kier molecular flexibility index (Phi) is 1.41. The van der Waals surface area contributed by atoms with Crippen LogP contribution < -0.4 is 10.6 Å². The summed E-state index contributed by atoms with van der Waals surface area (Å²) in [6, 6.07) is 0. The van der Waals surface area contributed by atoms with Gasteiger partial charge in [0.05, 0.1) is 0 Å². The number of nitrogens with two attached hydrogens (primary N) is 1. The zero-order valence-corrected chi connectivity index (χ0v) is 4.66. The molecule has 0 spiro atoms. The lowest BCUT2D eigenvalue weighted by Gasteiger charge is -2.05. The Morgan fingerprint density at radius 2 is 2.71 bits per heavy atom. The van der Waals surface area contributed by atoms with E-state index in [-0.39, 0.29) is 0 Å². The van der Waals surface area contributed by atoms with Crippen molar-refractivity contribution in [3.05, 3.63) is 0 Å². The topological polar surface area (TPSA) is 50.4 Å². The third-order valence-electron chi connectivity index (χ3n) is 0.714. The summed E-state index contributed by atoms with van der Waals surface area (Å²) in [5.41, 5.74) is 5.31. The predicted molar refractivity (Wildman–Crippen MR) is 31.8 cm³/mol. The number of hydrazone groups is 1. The van der Waals surface area contributed by atoms with Crippen LogP contribution in [0.1, 0.15) is 6.42 Å². The molecule has 0 amide bonds. The number of hydrogen-bond acceptors (Lipinski definition) is 4. The van der Waals surface area contributed by atoms with E-state index in [0.29, 0.717) is 5.84 Å². The minimum absolute atomic E-state index is 0.707. The van der Waals surface area contributed by atoms with Gasteiger partial charge in [0.25, 0.3) is 0 Å². The van der Waals surface area contributed by atoms with E-state index in [1.165, 1.54) is 0 Å². The standard InChI is InChI=1S/C3H7N3S/c4-3-1-2-7-6-5-3/h6H,1-2H2,(H2,4,5). The second-order valence-corrected chi connectivity index (χ2v) is 2.17. The van der Waals surface area contributed by atoms with Crippen molar-refractivity contribution in [2.24, 2.45) is 10.8 Å². The first kappa shape index (κ1) is 4.77. The van der Waals surface area contributed by atoms with E-state index in [2.05, 4.69) is 9.93 Å². The molecular weight excluding hydrogens is 110 g/mol. The van der Waals surface area contributed by atoms with Gasteiger partial charge in [-0.25, -0.2) is 0 Å². The van der Waals surface area contributed by atoms with Crippen molar-refractivity contribution in [3.8, 4) is 0 Å². The van der Waals surface area contributed by atoms with Gasteiger partial charge in [0, 0.05) is 12.2 Å². The first-order valence-electron chi connectivity index (χ1n) is 2.08. The Hall–Kier alpha value is -0.380. The van der Waals surface area contributed by atoms with Crippen molar-refractivity contribution in [2.45, 2.75) is 6.42 Å². The number of nitrogens with zero attached hydrogens (tertiary/aromatic N) is 1. The molecule has 1 aliphatic rings. The van der Waals surface area contributed by atoms with E-state index in [9.17, 15) is 0 Å². The van der Waals surface area contributed by atoms with Gasteiger partial charge in [0.2, 0.25) is 0 Å². The van der Waals surface area contributed by atoms with Gasteiger partial charge in [-0.05, 0) is 11.9 Å². The predicted octanol–water partition coefficient (Wildman–Crippen LogP) is -0.0999. The molecule has 0 fully saturated rings. The highest BCUT2D eigenvalue weighted by Gasteiger charge is 1.97. The molecule has 3 nitrogen and oxygen atoms in total. The maximum absolute atomic E-state index is 5.31. The van der Waals surface area contributed by atoms with Crippen molar-refractivity contribution in [1.29, 1.82) is 0 Å². The molecule has 0 unspecified atom stereocenters. The average Bonchev–Trinajstić information content (AvgIpc) is 1.69. The fourth-order valence-corrected chi connectivity index (χ4v) is 0.932. The fraction of sp³-hybridized carbons (Fsp3) is 0.667. The first-order valence-corrected chi connectivity index (χ1v) is 3.07. The second-order valence-electron chi connectivity index (χ2n) is 1.29. The summed E-state index contributed by atoms with van der Waals surface area (Å²) in [6.07, 6.45) is 0.914. The van der Waals surface area contributed by atoms with Crippen LogP contribution in [-0.2, 0) is 0 Å². The van der Waals surface area contributed by atoms with E-state index in [0.717, 1.165) is 12.2 Å². The molecule has 0 radical (unpaired) electrons. The molecule has 0 atom stereocenters. The van der Waals surface area contributed by atoms with Crippen molar-refractivity contribution < 1.29 is 0 Å². The molecule has 0 aromatic carbocycles. The monoisotopic (exact) mass is 117 g/mol. The molecular formula is C3H7N3S. The largest absolute Gasteiger partial charge is 0.386 e. The van der Waals surface area contributed by atoms with Crippen molar-refractivity contribution >= 4 is 17.8 Å². The molecule has 0 aromatic heterocycles. The SMILES string of the molecule is NC1=NNSCC1. The lowest BCUT2D eigenvalue weighted by atomic mass is 10.5. The lowest BCUT2D eigenvalue weighted by molar-refractivity contribution is 1.03. The van der Waals surface area contributed by atoms with Gasteiger partial charge >= 0.3 is 0 Å². The minimum Gasteiger partial charge on any atom is -0.386 e. The van der Waals surface area contributed by atoms with Gasteiger partial charge in [-0.15, -0.1) is 0 Å². The molecule has 7 heavy (non-hydrogen) atoms. The van der Waals surface area contributed by atoms with Crippen LogP contribution in [0.25, 0.3) is 0 Å². The summed E-state index contributed by atoms with van der Waals surface area (Å²) < 4.78 is 0. The van der Waals surface area contributed by atoms with Crippen molar-refractivity contribution in [1.82, 2.24) is 4.83 Å².